The topological polar surface area (TPSA) is 158 Å². The molecule has 1 unspecified atom stereocenters. The molecule has 5 heterocycles. The summed E-state index contributed by atoms with van der Waals surface area (Å²) >= 11 is 0. The van der Waals surface area contributed by atoms with Crippen LogP contribution in [0.2, 0.25) is 0 Å². The average molecular weight is 661 g/mol. The van der Waals surface area contributed by atoms with Crippen LogP contribution in [0.4, 0.5) is 5.69 Å². The number of aliphatic hydroxyl groups excluding tert-OH is 1. The van der Waals surface area contributed by atoms with Crippen LogP contribution in [-0.2, 0) is 41.7 Å². The molecule has 3 aliphatic rings. The van der Waals surface area contributed by atoms with Crippen LogP contribution in [0.15, 0.2) is 86.9 Å². The van der Waals surface area contributed by atoms with E-state index in [4.69, 9.17) is 24.2 Å². The number of hydrogen-bond acceptors (Lipinski definition) is 11. The summed E-state index contributed by atoms with van der Waals surface area (Å²) in [5, 5.41) is 14.7. The molecule has 248 valence electrons. The number of aromatic nitrogens is 2. The third-order valence-electron chi connectivity index (χ3n) is 9.27. The van der Waals surface area contributed by atoms with Gasteiger partial charge in [0.1, 0.15) is 6.61 Å². The van der Waals surface area contributed by atoms with Crippen LogP contribution in [0.25, 0.3) is 22.3 Å². The lowest BCUT2D eigenvalue weighted by Crippen LogP contribution is -2.32. The van der Waals surface area contributed by atoms with Crippen molar-refractivity contribution in [3.05, 3.63) is 115 Å². The number of ether oxygens (including phenoxy) is 3. The molecule has 12 nitrogen and oxygen atoms in total. The zero-order valence-electron chi connectivity index (χ0n) is 27.2. The number of carbonyl (C=O) groups is 3. The standard InChI is InChI=1S/C37H32N4O8/c1-18-31(36(45)47-3)33(32(19(2)39-18)37(46)48-4)20-9-11-21(12-10-20)38-15-24-22-7-5-6-8-27(22)40-34-25(24)16-41-28(34)13-23-26(35(41)44)17-49-30(43)14-29(23)42/h5-13,15,29,33,39,42H,14,16-17H2,1-4H3. The van der Waals surface area contributed by atoms with Gasteiger partial charge in [0, 0.05) is 34.1 Å². The highest BCUT2D eigenvalue weighted by Gasteiger charge is 2.38. The lowest BCUT2D eigenvalue weighted by molar-refractivity contribution is -0.146. The van der Waals surface area contributed by atoms with Crippen molar-refractivity contribution in [2.75, 3.05) is 14.2 Å². The second-order valence-electron chi connectivity index (χ2n) is 12.1. The number of methoxy groups -OCH3 is 2. The Hall–Kier alpha value is -5.88. The van der Waals surface area contributed by atoms with E-state index in [1.807, 2.05) is 36.4 Å². The summed E-state index contributed by atoms with van der Waals surface area (Å²) in [6.45, 7) is 3.53. The van der Waals surface area contributed by atoms with Crippen LogP contribution in [0.5, 0.6) is 0 Å². The number of esters is 3. The largest absolute Gasteiger partial charge is 0.466 e. The van der Waals surface area contributed by atoms with Gasteiger partial charge in [-0.3, -0.25) is 14.6 Å². The Bertz CT molecular complexity index is 2210. The molecule has 0 spiro atoms. The molecule has 2 N–H and O–H groups in total. The minimum absolute atomic E-state index is 0.204. The first kappa shape index (κ1) is 31.7. The summed E-state index contributed by atoms with van der Waals surface area (Å²) < 4.78 is 16.9. The van der Waals surface area contributed by atoms with Crippen molar-refractivity contribution in [1.29, 1.82) is 0 Å². The zero-order valence-corrected chi connectivity index (χ0v) is 27.2. The van der Waals surface area contributed by atoms with Crippen molar-refractivity contribution in [3.63, 3.8) is 0 Å². The summed E-state index contributed by atoms with van der Waals surface area (Å²) in [6.07, 6.45) is 0.352. The van der Waals surface area contributed by atoms with E-state index >= 15 is 0 Å². The van der Waals surface area contributed by atoms with E-state index in [0.717, 1.165) is 16.5 Å². The number of rotatable bonds is 5. The molecule has 12 heteroatoms. The number of nitrogens with zero attached hydrogens (tertiary/aromatic N) is 3. The smallest absolute Gasteiger partial charge is 0.336 e. The van der Waals surface area contributed by atoms with Crippen molar-refractivity contribution < 1.29 is 33.7 Å². The van der Waals surface area contributed by atoms with Gasteiger partial charge in [0.25, 0.3) is 5.56 Å². The minimum atomic E-state index is -1.16. The fraction of sp³-hybridized carbons (Fsp3) is 0.243. The molecule has 0 aliphatic carbocycles. The molecule has 0 fully saturated rings. The number of fused-ring (bicyclic) bond motifs is 5. The molecule has 4 aromatic rings. The third kappa shape index (κ3) is 5.30. The van der Waals surface area contributed by atoms with E-state index in [1.54, 1.807) is 42.8 Å². The number of nitrogens with one attached hydrogen (secondary N) is 1. The van der Waals surface area contributed by atoms with Gasteiger partial charge in [0.15, 0.2) is 0 Å². The number of benzene rings is 2. The van der Waals surface area contributed by atoms with Crippen LogP contribution in [0.1, 0.15) is 60.1 Å². The number of hydrogen-bond donors (Lipinski definition) is 2. The van der Waals surface area contributed by atoms with Gasteiger partial charge in [-0.1, -0.05) is 30.3 Å². The van der Waals surface area contributed by atoms with E-state index in [0.29, 0.717) is 56.3 Å². The Labute approximate surface area is 280 Å². The Morgan fingerprint density at radius 3 is 2.35 bits per heavy atom. The SMILES string of the molecule is COC(=O)C1=C(C)NC(C)=C(C(=O)OC)C1c1ccc(N=Cc2c3c(nc4ccccc24)-c2cc4c(c(=O)n2C3)COC(=O)CC4O)cc1. The number of aliphatic imine (C=N–C) groups is 1. The second-order valence-corrected chi connectivity index (χ2v) is 12.1. The molecule has 0 amide bonds. The van der Waals surface area contributed by atoms with E-state index in [2.05, 4.69) is 5.32 Å². The minimum Gasteiger partial charge on any atom is -0.466 e. The van der Waals surface area contributed by atoms with Gasteiger partial charge in [-0.15, -0.1) is 0 Å². The molecular formula is C37H32N4O8. The Morgan fingerprint density at radius 1 is 1.00 bits per heavy atom. The van der Waals surface area contributed by atoms with Crippen molar-refractivity contribution >= 4 is 40.7 Å². The van der Waals surface area contributed by atoms with E-state index < -0.39 is 29.9 Å². The Morgan fingerprint density at radius 2 is 1.67 bits per heavy atom. The summed E-state index contributed by atoms with van der Waals surface area (Å²) in [6, 6.07) is 16.6. The van der Waals surface area contributed by atoms with E-state index in [-0.39, 0.29) is 30.7 Å². The zero-order chi connectivity index (χ0) is 34.6. The normalized spacial score (nSPS) is 17.3. The lowest BCUT2D eigenvalue weighted by Gasteiger charge is -2.30. The van der Waals surface area contributed by atoms with Crippen LogP contribution < -0.4 is 10.9 Å². The quantitative estimate of drug-likeness (QED) is 0.159. The Balaban J connectivity index is 1.29. The third-order valence-corrected chi connectivity index (χ3v) is 9.27. The van der Waals surface area contributed by atoms with Gasteiger partial charge >= 0.3 is 17.9 Å². The number of para-hydroxylation sites is 1. The molecular weight excluding hydrogens is 628 g/mol. The van der Waals surface area contributed by atoms with Gasteiger partial charge in [0.05, 0.1) is 78.5 Å². The van der Waals surface area contributed by atoms with E-state index in [1.165, 1.54) is 14.2 Å². The molecule has 0 saturated heterocycles. The van der Waals surface area contributed by atoms with Gasteiger partial charge in [0.2, 0.25) is 0 Å². The molecule has 7 rings (SSSR count). The van der Waals surface area contributed by atoms with Crippen molar-refractivity contribution in [2.45, 2.75) is 45.4 Å². The maximum absolute atomic E-state index is 13.7. The molecule has 0 bridgehead atoms. The fourth-order valence-corrected chi connectivity index (χ4v) is 6.92. The number of allylic oxidation sites excluding steroid dienone is 2. The van der Waals surface area contributed by atoms with Gasteiger partial charge in [-0.2, -0.15) is 0 Å². The predicted octanol–water partition coefficient (Wildman–Crippen LogP) is 4.24. The number of dihydropyridines is 1. The van der Waals surface area contributed by atoms with Gasteiger partial charge < -0.3 is 29.2 Å². The summed E-state index contributed by atoms with van der Waals surface area (Å²) in [7, 11) is 2.59. The number of cyclic esters (lactones) is 1. The maximum atomic E-state index is 13.7. The van der Waals surface area contributed by atoms with Crippen LogP contribution >= 0.6 is 0 Å². The van der Waals surface area contributed by atoms with Crippen molar-refractivity contribution in [2.24, 2.45) is 4.99 Å². The first-order chi connectivity index (χ1) is 23.6. The molecule has 49 heavy (non-hydrogen) atoms. The second kappa shape index (κ2) is 12.3. The number of aliphatic hydroxyl groups is 1. The summed E-state index contributed by atoms with van der Waals surface area (Å²) in [5.74, 6) is -2.40. The number of carbonyl (C=O) groups excluding carboxylic acids is 3. The molecule has 2 aromatic heterocycles. The maximum Gasteiger partial charge on any atom is 0.336 e. The monoisotopic (exact) mass is 660 g/mol. The highest BCUT2D eigenvalue weighted by atomic mass is 16.5. The average Bonchev–Trinajstić information content (AvgIpc) is 3.39. The van der Waals surface area contributed by atoms with Crippen molar-refractivity contribution in [1.82, 2.24) is 14.9 Å². The molecule has 0 saturated carbocycles. The molecule has 0 radical (unpaired) electrons. The van der Waals surface area contributed by atoms with Crippen LogP contribution in [0.3, 0.4) is 0 Å². The molecule has 3 aliphatic heterocycles. The highest BCUT2D eigenvalue weighted by Crippen LogP contribution is 2.40. The molecule has 1 atom stereocenters. The first-order valence-corrected chi connectivity index (χ1v) is 15.6. The summed E-state index contributed by atoms with van der Waals surface area (Å²) in [4.78, 5) is 61.1. The summed E-state index contributed by atoms with van der Waals surface area (Å²) in [5.41, 5.74) is 6.77. The first-order valence-electron chi connectivity index (χ1n) is 15.6. The van der Waals surface area contributed by atoms with E-state index in [9.17, 15) is 24.3 Å². The lowest BCUT2D eigenvalue weighted by atomic mass is 9.80. The van der Waals surface area contributed by atoms with Gasteiger partial charge in [-0.25, -0.2) is 14.6 Å². The highest BCUT2D eigenvalue weighted by molar-refractivity contribution is 6.03. The van der Waals surface area contributed by atoms with Crippen LogP contribution in [-0.4, -0.2) is 53.0 Å². The number of pyridine rings is 2. The Kier molecular flexibility index (Phi) is 7.95. The predicted molar refractivity (Wildman–Crippen MR) is 179 cm³/mol. The van der Waals surface area contributed by atoms with Crippen molar-refractivity contribution in [3.8, 4) is 11.4 Å². The van der Waals surface area contributed by atoms with Crippen LogP contribution in [0, 0.1) is 0 Å². The fourth-order valence-electron chi connectivity index (χ4n) is 6.92. The van der Waals surface area contributed by atoms with Gasteiger partial charge in [-0.05, 0) is 49.2 Å². The molecule has 2 aromatic carbocycles.